The monoisotopic (exact) mass is 551 g/mol. The Kier molecular flexibility index (Phi) is 7.22. The van der Waals surface area contributed by atoms with Crippen LogP contribution < -0.4 is 5.73 Å². The molecule has 2 unspecified atom stereocenters. The van der Waals surface area contributed by atoms with E-state index in [2.05, 4.69) is 0 Å². The number of sulfone groups is 2. The van der Waals surface area contributed by atoms with Gasteiger partial charge in [-0.25, -0.2) is 21.2 Å². The third kappa shape index (κ3) is 5.22. The number of nitrogens with two attached hydrogens (primary N) is 1. The Bertz CT molecular complexity index is 1360. The molecule has 0 radical (unpaired) electrons. The number of halogens is 1. The highest BCUT2D eigenvalue weighted by Crippen LogP contribution is 2.37. The van der Waals surface area contributed by atoms with Gasteiger partial charge in [-0.2, -0.15) is 17.0 Å². The zero-order valence-corrected chi connectivity index (χ0v) is 21.5. The molecule has 1 aromatic carbocycles. The maximum absolute atomic E-state index is 14.5. The molecule has 188 valence electrons. The van der Waals surface area contributed by atoms with Crippen LogP contribution in [-0.4, -0.2) is 76.8 Å². The molecule has 0 saturated carbocycles. The first-order chi connectivity index (χ1) is 15.9. The first kappa shape index (κ1) is 25.7. The normalized spacial score (nSPS) is 24.4. The molecule has 2 aliphatic heterocycles. The summed E-state index contributed by atoms with van der Waals surface area (Å²) in [6.45, 7) is -0.298. The van der Waals surface area contributed by atoms with Gasteiger partial charge < -0.3 is 5.73 Å². The highest BCUT2D eigenvalue weighted by Gasteiger charge is 2.46. The Morgan fingerprint density at radius 2 is 1.74 bits per heavy atom. The Morgan fingerprint density at radius 3 is 2.35 bits per heavy atom. The summed E-state index contributed by atoms with van der Waals surface area (Å²) in [5.74, 6) is -2.07. The lowest BCUT2D eigenvalue weighted by Gasteiger charge is -2.32. The van der Waals surface area contributed by atoms with Crippen molar-refractivity contribution in [2.45, 2.75) is 29.1 Å². The van der Waals surface area contributed by atoms with Crippen molar-refractivity contribution in [3.63, 3.8) is 0 Å². The van der Waals surface area contributed by atoms with Crippen LogP contribution in [0.25, 0.3) is 0 Å². The molecule has 2 N–H and O–H groups in total. The van der Waals surface area contributed by atoms with E-state index in [1.165, 1.54) is 18.2 Å². The van der Waals surface area contributed by atoms with Gasteiger partial charge in [0.1, 0.15) is 10.0 Å². The first-order valence-electron chi connectivity index (χ1n) is 10.7. The quantitative estimate of drug-likeness (QED) is 0.541. The summed E-state index contributed by atoms with van der Waals surface area (Å²) in [5, 5.41) is 0. The molecular formula is C20H26FN3O6S4. The fourth-order valence-electron chi connectivity index (χ4n) is 4.40. The molecule has 14 heteroatoms. The molecule has 2 saturated heterocycles. The van der Waals surface area contributed by atoms with Crippen molar-refractivity contribution in [1.29, 1.82) is 0 Å². The lowest BCUT2D eigenvalue weighted by molar-refractivity contribution is 0.341. The summed E-state index contributed by atoms with van der Waals surface area (Å²) in [4.78, 5) is 0.688. The smallest absolute Gasteiger partial charge is 0.282 e. The van der Waals surface area contributed by atoms with Gasteiger partial charge in [0.25, 0.3) is 10.2 Å². The van der Waals surface area contributed by atoms with Crippen LogP contribution in [0.2, 0.25) is 0 Å². The number of thiophene rings is 1. The second kappa shape index (κ2) is 9.56. The topological polar surface area (TPSA) is 135 Å². The summed E-state index contributed by atoms with van der Waals surface area (Å²) < 4.78 is 93.7. The minimum atomic E-state index is -4.17. The molecule has 0 spiro atoms. The second-order valence-corrected chi connectivity index (χ2v) is 16.1. The van der Waals surface area contributed by atoms with Crippen molar-refractivity contribution in [3.8, 4) is 0 Å². The average molecular weight is 552 g/mol. The van der Waals surface area contributed by atoms with Gasteiger partial charge in [0.2, 0.25) is 0 Å². The lowest BCUT2D eigenvalue weighted by Crippen LogP contribution is -2.52. The van der Waals surface area contributed by atoms with Gasteiger partial charge in [0, 0.05) is 43.0 Å². The Balaban J connectivity index is 1.65. The zero-order chi connectivity index (χ0) is 24.7. The van der Waals surface area contributed by atoms with E-state index in [-0.39, 0.29) is 48.3 Å². The summed E-state index contributed by atoms with van der Waals surface area (Å²) in [6.07, 6.45) is 0.126. The number of rotatable bonds is 7. The molecule has 0 aliphatic carbocycles. The minimum Gasteiger partial charge on any atom is -0.326 e. The average Bonchev–Trinajstić information content (AvgIpc) is 3.41. The second-order valence-electron chi connectivity index (χ2n) is 8.44. The molecule has 3 heterocycles. The molecule has 1 aromatic heterocycles. The van der Waals surface area contributed by atoms with Crippen LogP contribution in [0.3, 0.4) is 0 Å². The van der Waals surface area contributed by atoms with Crippen LogP contribution in [0.5, 0.6) is 0 Å². The van der Waals surface area contributed by atoms with Crippen LogP contribution in [-0.2, 0) is 36.4 Å². The highest BCUT2D eigenvalue weighted by atomic mass is 32.2. The summed E-state index contributed by atoms with van der Waals surface area (Å²) >= 11 is 1.04. The van der Waals surface area contributed by atoms with Crippen LogP contribution in [0.4, 0.5) is 4.39 Å². The summed E-state index contributed by atoms with van der Waals surface area (Å²) in [7, 11) is -11.3. The van der Waals surface area contributed by atoms with E-state index < -0.39 is 53.4 Å². The largest absolute Gasteiger partial charge is 0.326 e. The highest BCUT2D eigenvalue weighted by molar-refractivity contribution is 7.93. The van der Waals surface area contributed by atoms with Crippen molar-refractivity contribution in [1.82, 2.24) is 8.61 Å². The molecule has 2 aliphatic rings. The van der Waals surface area contributed by atoms with E-state index in [1.807, 2.05) is 0 Å². The van der Waals surface area contributed by atoms with Crippen molar-refractivity contribution < 1.29 is 29.6 Å². The number of hydrogen-bond acceptors (Lipinski definition) is 8. The van der Waals surface area contributed by atoms with E-state index in [9.17, 15) is 29.6 Å². The predicted octanol–water partition coefficient (Wildman–Crippen LogP) is 0.953. The van der Waals surface area contributed by atoms with E-state index in [4.69, 9.17) is 5.73 Å². The van der Waals surface area contributed by atoms with Crippen LogP contribution in [0.15, 0.2) is 40.6 Å². The summed E-state index contributed by atoms with van der Waals surface area (Å²) in [5.41, 5.74) is 5.92. The number of nitrogens with zero attached hydrogens (tertiary/aromatic N) is 2. The fourth-order valence-corrected chi connectivity index (χ4v) is 10.7. The molecule has 4 rings (SSSR count). The van der Waals surface area contributed by atoms with Gasteiger partial charge in [0.15, 0.2) is 19.7 Å². The zero-order valence-electron chi connectivity index (χ0n) is 18.2. The fraction of sp³-hybridized carbons (Fsp3) is 0.500. The van der Waals surface area contributed by atoms with Crippen LogP contribution in [0, 0.1) is 5.82 Å². The number of benzene rings is 1. The maximum Gasteiger partial charge on any atom is 0.282 e. The molecule has 34 heavy (non-hydrogen) atoms. The summed E-state index contributed by atoms with van der Waals surface area (Å²) in [6, 6.07) is 8.19. The first-order valence-corrected chi connectivity index (χ1v) is 16.3. The molecule has 0 bridgehead atoms. The van der Waals surface area contributed by atoms with E-state index in [0.717, 1.165) is 19.9 Å². The number of hydrogen-bond donors (Lipinski definition) is 1. The van der Waals surface area contributed by atoms with Crippen molar-refractivity contribution in [3.05, 3.63) is 52.7 Å². The molecule has 2 fully saturated rings. The van der Waals surface area contributed by atoms with Gasteiger partial charge in [-0.15, -0.1) is 11.3 Å². The molecule has 9 nitrogen and oxygen atoms in total. The van der Waals surface area contributed by atoms with Gasteiger partial charge in [-0.1, -0.05) is 18.2 Å². The standard InChI is InChI=1S/C20H26FN3O6S4/c21-19-4-2-1-3-18(19)15-11-16(14-33(27,28)20-6-5-17(12-22)31-20)24(13-15)34(29,30)23-7-9-32(25,26)10-8-23/h1-6,15-16H,7-14,22H2. The van der Waals surface area contributed by atoms with Gasteiger partial charge >= 0.3 is 0 Å². The molecular weight excluding hydrogens is 526 g/mol. The predicted molar refractivity (Wildman–Crippen MR) is 128 cm³/mol. The van der Waals surface area contributed by atoms with Crippen molar-refractivity contribution >= 4 is 41.2 Å². The minimum absolute atomic E-state index is 0.0921. The molecule has 2 aromatic rings. The van der Waals surface area contributed by atoms with Gasteiger partial charge in [-0.05, 0) is 30.2 Å². The van der Waals surface area contributed by atoms with Crippen LogP contribution >= 0.6 is 11.3 Å². The van der Waals surface area contributed by atoms with Crippen LogP contribution in [0.1, 0.15) is 22.8 Å². The van der Waals surface area contributed by atoms with E-state index in [1.54, 1.807) is 18.2 Å². The van der Waals surface area contributed by atoms with Crippen molar-refractivity contribution in [2.75, 3.05) is 36.9 Å². The Hall–Kier alpha value is -1.42. The van der Waals surface area contributed by atoms with Gasteiger partial charge in [-0.3, -0.25) is 0 Å². The molecule has 2 atom stereocenters. The van der Waals surface area contributed by atoms with E-state index in [0.29, 0.717) is 10.4 Å². The SMILES string of the molecule is NCc1ccc(S(=O)(=O)CC2CC(c3ccccc3F)CN2S(=O)(=O)N2CCS(=O)(=O)CC2)s1. The third-order valence-corrected chi connectivity index (χ3v) is 13.3. The Morgan fingerprint density at radius 1 is 1.06 bits per heavy atom. The lowest BCUT2D eigenvalue weighted by atomic mass is 9.96. The maximum atomic E-state index is 14.5. The molecule has 0 amide bonds. The van der Waals surface area contributed by atoms with E-state index >= 15 is 0 Å². The third-order valence-electron chi connectivity index (χ3n) is 6.19. The van der Waals surface area contributed by atoms with Crippen molar-refractivity contribution in [2.24, 2.45) is 5.73 Å². The Labute approximate surface area is 203 Å². The van der Waals surface area contributed by atoms with Gasteiger partial charge in [0.05, 0.1) is 17.3 Å².